The van der Waals surface area contributed by atoms with Gasteiger partial charge in [-0.15, -0.1) is 0 Å². The summed E-state index contributed by atoms with van der Waals surface area (Å²) in [6.07, 6.45) is 0.777. The van der Waals surface area contributed by atoms with E-state index in [2.05, 4.69) is 0 Å². The van der Waals surface area contributed by atoms with Gasteiger partial charge in [0.05, 0.1) is 22.2 Å². The maximum absolute atomic E-state index is 6.22. The number of hydrogen-bond donors (Lipinski definition) is 1. The lowest BCUT2D eigenvalue weighted by Crippen LogP contribution is -2.40. The van der Waals surface area contributed by atoms with Gasteiger partial charge in [0.2, 0.25) is 0 Å². The van der Waals surface area contributed by atoms with Gasteiger partial charge in [-0.1, -0.05) is 36.2 Å². The molecule has 4 heteroatoms. The van der Waals surface area contributed by atoms with Crippen molar-refractivity contribution in [3.8, 4) is 0 Å². The number of methoxy groups -OCH3 is 1. The lowest BCUT2D eigenvalue weighted by molar-refractivity contribution is 0.129. The molecule has 0 heterocycles. The van der Waals surface area contributed by atoms with Crippen LogP contribution in [0.5, 0.6) is 0 Å². The van der Waals surface area contributed by atoms with Gasteiger partial charge in [0.25, 0.3) is 0 Å². The van der Waals surface area contributed by atoms with Crippen LogP contribution in [0.15, 0.2) is 18.2 Å². The molecule has 0 aliphatic heterocycles. The third-order valence-electron chi connectivity index (χ3n) is 2.53. The van der Waals surface area contributed by atoms with Crippen molar-refractivity contribution in [1.82, 2.24) is 0 Å². The van der Waals surface area contributed by atoms with E-state index in [1.54, 1.807) is 19.2 Å². The van der Waals surface area contributed by atoms with Crippen molar-refractivity contribution in [2.24, 2.45) is 5.73 Å². The number of halogens is 2. The summed E-state index contributed by atoms with van der Waals surface area (Å²) in [7, 11) is 1.63. The van der Waals surface area contributed by atoms with Gasteiger partial charge in [-0.25, -0.2) is 0 Å². The Morgan fingerprint density at radius 1 is 1.33 bits per heavy atom. The molecule has 1 rings (SSSR count). The molecule has 1 aromatic carbocycles. The first-order valence-electron chi connectivity index (χ1n) is 4.77. The highest BCUT2D eigenvalue weighted by Gasteiger charge is 2.25. The second-order valence-electron chi connectivity index (χ2n) is 3.57. The fourth-order valence-corrected chi connectivity index (χ4v) is 1.75. The molecule has 0 aliphatic carbocycles. The van der Waals surface area contributed by atoms with E-state index >= 15 is 0 Å². The smallest absolute Gasteiger partial charge is 0.0684 e. The molecule has 1 unspecified atom stereocenters. The number of rotatable bonds is 4. The van der Waals surface area contributed by atoms with E-state index in [-0.39, 0.29) is 0 Å². The summed E-state index contributed by atoms with van der Waals surface area (Å²) < 4.78 is 5.12. The van der Waals surface area contributed by atoms with Gasteiger partial charge in [-0.3, -0.25) is 0 Å². The van der Waals surface area contributed by atoms with Crippen molar-refractivity contribution in [3.05, 3.63) is 33.8 Å². The van der Waals surface area contributed by atoms with Gasteiger partial charge < -0.3 is 10.5 Å². The fraction of sp³-hybridized carbons (Fsp3) is 0.455. The van der Waals surface area contributed by atoms with E-state index in [0.29, 0.717) is 16.7 Å². The van der Waals surface area contributed by atoms with Crippen molar-refractivity contribution >= 4 is 23.2 Å². The predicted octanol–water partition coefficient (Wildman–Crippen LogP) is 3.20. The van der Waals surface area contributed by atoms with E-state index in [0.717, 1.165) is 12.0 Å². The third kappa shape index (κ3) is 2.85. The van der Waals surface area contributed by atoms with Crippen LogP contribution in [-0.4, -0.2) is 13.7 Å². The van der Waals surface area contributed by atoms with Crippen molar-refractivity contribution in [2.45, 2.75) is 18.9 Å². The first kappa shape index (κ1) is 12.8. The topological polar surface area (TPSA) is 35.2 Å². The van der Waals surface area contributed by atoms with Crippen LogP contribution in [-0.2, 0) is 10.3 Å². The molecule has 0 saturated carbocycles. The highest BCUT2D eigenvalue weighted by molar-refractivity contribution is 6.42. The van der Waals surface area contributed by atoms with Crippen LogP contribution in [0.2, 0.25) is 10.0 Å². The highest BCUT2D eigenvalue weighted by atomic mass is 35.5. The van der Waals surface area contributed by atoms with Crippen LogP contribution >= 0.6 is 23.2 Å². The highest BCUT2D eigenvalue weighted by Crippen LogP contribution is 2.29. The first-order valence-corrected chi connectivity index (χ1v) is 5.52. The van der Waals surface area contributed by atoms with Crippen LogP contribution < -0.4 is 5.73 Å². The summed E-state index contributed by atoms with van der Waals surface area (Å²) in [6.45, 7) is 2.48. The summed E-state index contributed by atoms with van der Waals surface area (Å²) >= 11 is 11.8. The zero-order chi connectivity index (χ0) is 11.5. The van der Waals surface area contributed by atoms with Crippen LogP contribution in [0.25, 0.3) is 0 Å². The summed E-state index contributed by atoms with van der Waals surface area (Å²) in [6, 6.07) is 5.44. The van der Waals surface area contributed by atoms with E-state index in [1.807, 2.05) is 13.0 Å². The average molecular weight is 248 g/mol. The molecule has 0 spiro atoms. The Bertz CT molecular complexity index is 343. The normalized spacial score (nSPS) is 15.0. The lowest BCUT2D eigenvalue weighted by Gasteiger charge is -2.28. The number of ether oxygens (including phenoxy) is 1. The molecular weight excluding hydrogens is 233 g/mol. The lowest BCUT2D eigenvalue weighted by atomic mass is 9.89. The van der Waals surface area contributed by atoms with Gasteiger partial charge in [-0.2, -0.15) is 0 Å². The third-order valence-corrected chi connectivity index (χ3v) is 3.27. The molecule has 1 aromatic rings. The number of nitrogens with two attached hydrogens (primary N) is 1. The summed E-state index contributed by atoms with van der Waals surface area (Å²) in [5.74, 6) is 0. The Morgan fingerprint density at radius 2 is 2.00 bits per heavy atom. The molecule has 0 fully saturated rings. The summed E-state index contributed by atoms with van der Waals surface area (Å²) in [4.78, 5) is 0. The largest absolute Gasteiger partial charge is 0.382 e. The molecule has 15 heavy (non-hydrogen) atoms. The van der Waals surface area contributed by atoms with Crippen molar-refractivity contribution in [3.63, 3.8) is 0 Å². The monoisotopic (exact) mass is 247 g/mol. The standard InChI is InChI=1S/C11H15Cl2NO/c1-3-11(14,7-15-2)8-4-5-9(12)10(13)6-8/h4-6H,3,7,14H2,1-2H3. The Labute approximate surface area is 100 Å². The number of benzene rings is 1. The Balaban J connectivity index is 3.07. The van der Waals surface area contributed by atoms with Crippen LogP contribution in [0, 0.1) is 0 Å². The van der Waals surface area contributed by atoms with Crippen LogP contribution in [0.3, 0.4) is 0 Å². The first-order chi connectivity index (χ1) is 7.03. The second-order valence-corrected chi connectivity index (χ2v) is 4.39. The molecule has 0 saturated heterocycles. The minimum Gasteiger partial charge on any atom is -0.382 e. The summed E-state index contributed by atoms with van der Waals surface area (Å²) in [5.41, 5.74) is 6.67. The zero-order valence-corrected chi connectivity index (χ0v) is 10.4. The Morgan fingerprint density at radius 3 is 2.47 bits per heavy atom. The van der Waals surface area contributed by atoms with Gasteiger partial charge in [-0.05, 0) is 24.1 Å². The zero-order valence-electron chi connectivity index (χ0n) is 8.89. The summed E-state index contributed by atoms with van der Waals surface area (Å²) in [5, 5.41) is 1.06. The Hall–Kier alpha value is -0.280. The minimum atomic E-state index is -0.497. The van der Waals surface area contributed by atoms with Crippen molar-refractivity contribution in [1.29, 1.82) is 0 Å². The van der Waals surface area contributed by atoms with Crippen LogP contribution in [0.1, 0.15) is 18.9 Å². The Kier molecular flexibility index (Phi) is 4.41. The van der Waals surface area contributed by atoms with Gasteiger partial charge >= 0.3 is 0 Å². The average Bonchev–Trinajstić information content (AvgIpc) is 2.22. The van der Waals surface area contributed by atoms with Crippen LogP contribution in [0.4, 0.5) is 0 Å². The molecule has 0 aliphatic rings. The van der Waals surface area contributed by atoms with E-state index in [9.17, 15) is 0 Å². The predicted molar refractivity (Wildman–Crippen MR) is 64.5 cm³/mol. The molecule has 1 atom stereocenters. The quantitative estimate of drug-likeness (QED) is 0.887. The molecule has 0 amide bonds. The van der Waals surface area contributed by atoms with Gasteiger partial charge in [0.1, 0.15) is 0 Å². The molecular formula is C11H15Cl2NO. The van der Waals surface area contributed by atoms with Gasteiger partial charge in [0, 0.05) is 7.11 Å². The van der Waals surface area contributed by atoms with E-state index in [4.69, 9.17) is 33.7 Å². The molecule has 2 N–H and O–H groups in total. The SMILES string of the molecule is CCC(N)(COC)c1ccc(Cl)c(Cl)c1. The number of hydrogen-bond acceptors (Lipinski definition) is 2. The van der Waals surface area contributed by atoms with E-state index < -0.39 is 5.54 Å². The minimum absolute atomic E-state index is 0.460. The maximum Gasteiger partial charge on any atom is 0.0684 e. The molecule has 2 nitrogen and oxygen atoms in total. The van der Waals surface area contributed by atoms with Gasteiger partial charge in [0.15, 0.2) is 0 Å². The molecule has 0 bridgehead atoms. The van der Waals surface area contributed by atoms with Crippen molar-refractivity contribution in [2.75, 3.05) is 13.7 Å². The fourth-order valence-electron chi connectivity index (χ4n) is 1.45. The molecule has 0 radical (unpaired) electrons. The molecule has 84 valence electrons. The maximum atomic E-state index is 6.22. The van der Waals surface area contributed by atoms with Crippen molar-refractivity contribution < 1.29 is 4.74 Å². The molecule has 0 aromatic heterocycles. The second kappa shape index (κ2) is 5.17. The van der Waals surface area contributed by atoms with E-state index in [1.165, 1.54) is 0 Å².